The highest BCUT2D eigenvalue weighted by Gasteiger charge is 2.20. The molecule has 1 amide bonds. The highest BCUT2D eigenvalue weighted by atomic mass is 35.5. The number of carbonyl (C=O) groups excluding carboxylic acids is 1. The number of aliphatic carboxylic acids is 1. The van der Waals surface area contributed by atoms with Crippen molar-refractivity contribution in [3.63, 3.8) is 0 Å². The third kappa shape index (κ3) is 7.45. The summed E-state index contributed by atoms with van der Waals surface area (Å²) in [5.41, 5.74) is 0.590. The summed E-state index contributed by atoms with van der Waals surface area (Å²) >= 11 is 5.78. The van der Waals surface area contributed by atoms with Crippen LogP contribution in [0.4, 0.5) is 5.69 Å². The molecular formula is C16H24ClN3O3. The lowest BCUT2D eigenvalue weighted by Crippen LogP contribution is -2.43. The predicted molar refractivity (Wildman–Crippen MR) is 91.9 cm³/mol. The van der Waals surface area contributed by atoms with Crippen LogP contribution in [0, 0.1) is 0 Å². The average molecular weight is 342 g/mol. The van der Waals surface area contributed by atoms with Crippen LogP contribution < -0.4 is 10.6 Å². The van der Waals surface area contributed by atoms with Gasteiger partial charge in [-0.15, -0.1) is 0 Å². The van der Waals surface area contributed by atoms with Crippen molar-refractivity contribution < 1.29 is 14.7 Å². The number of nitrogens with zero attached hydrogens (tertiary/aromatic N) is 1. The Morgan fingerprint density at radius 1 is 1.22 bits per heavy atom. The summed E-state index contributed by atoms with van der Waals surface area (Å²) in [7, 11) is 0. The average Bonchev–Trinajstić information content (AvgIpc) is 2.52. The Kier molecular flexibility index (Phi) is 8.61. The van der Waals surface area contributed by atoms with Crippen LogP contribution in [-0.2, 0) is 9.59 Å². The molecule has 0 fully saturated rings. The Labute approximate surface area is 141 Å². The van der Waals surface area contributed by atoms with Crippen LogP contribution in [0.25, 0.3) is 0 Å². The van der Waals surface area contributed by atoms with E-state index < -0.39 is 12.0 Å². The quantitative estimate of drug-likeness (QED) is 0.607. The lowest BCUT2D eigenvalue weighted by molar-refractivity contribution is -0.141. The minimum Gasteiger partial charge on any atom is -0.480 e. The Balaban J connectivity index is 2.46. The summed E-state index contributed by atoms with van der Waals surface area (Å²) < 4.78 is 0. The van der Waals surface area contributed by atoms with Crippen molar-refractivity contribution in [1.82, 2.24) is 10.2 Å². The fourth-order valence-electron chi connectivity index (χ4n) is 2.11. The molecule has 6 nitrogen and oxygen atoms in total. The summed E-state index contributed by atoms with van der Waals surface area (Å²) in [5.74, 6) is -1.38. The molecular weight excluding hydrogens is 318 g/mol. The summed E-state index contributed by atoms with van der Waals surface area (Å²) in [6, 6.07) is 5.76. The van der Waals surface area contributed by atoms with Crippen LogP contribution in [0.1, 0.15) is 20.3 Å². The van der Waals surface area contributed by atoms with Gasteiger partial charge in [0, 0.05) is 23.8 Å². The minimum absolute atomic E-state index is 0.129. The van der Waals surface area contributed by atoms with E-state index in [-0.39, 0.29) is 12.3 Å². The summed E-state index contributed by atoms with van der Waals surface area (Å²) in [5, 5.41) is 15.4. The molecule has 7 heteroatoms. The van der Waals surface area contributed by atoms with E-state index >= 15 is 0 Å². The summed E-state index contributed by atoms with van der Waals surface area (Å²) in [6.07, 6.45) is -0.129. The van der Waals surface area contributed by atoms with Crippen molar-refractivity contribution in [2.75, 3.05) is 31.5 Å². The minimum atomic E-state index is -1.03. The number of benzene rings is 1. The third-order valence-corrected chi connectivity index (χ3v) is 3.78. The first kappa shape index (κ1) is 19.4. The van der Waals surface area contributed by atoms with Crippen molar-refractivity contribution >= 4 is 29.2 Å². The lowest BCUT2D eigenvalue weighted by atomic mass is 10.2. The number of carboxylic acid groups (broad SMARTS) is 1. The zero-order valence-electron chi connectivity index (χ0n) is 13.5. The van der Waals surface area contributed by atoms with Gasteiger partial charge in [0.25, 0.3) is 0 Å². The smallest absolute Gasteiger partial charge is 0.321 e. The summed E-state index contributed by atoms with van der Waals surface area (Å²) in [4.78, 5) is 25.4. The van der Waals surface area contributed by atoms with E-state index in [9.17, 15) is 14.7 Å². The van der Waals surface area contributed by atoms with E-state index in [1.807, 2.05) is 0 Å². The number of amides is 1. The maximum atomic E-state index is 12.0. The molecule has 0 saturated carbocycles. The number of hydrogen-bond donors (Lipinski definition) is 3. The Morgan fingerprint density at radius 3 is 2.35 bits per heavy atom. The van der Waals surface area contributed by atoms with Gasteiger partial charge >= 0.3 is 5.97 Å². The molecule has 23 heavy (non-hydrogen) atoms. The van der Waals surface area contributed by atoms with Gasteiger partial charge in [0.15, 0.2) is 0 Å². The number of halogens is 1. The molecule has 0 saturated heterocycles. The molecule has 0 aliphatic rings. The van der Waals surface area contributed by atoms with E-state index in [4.69, 9.17) is 11.6 Å². The Hall–Kier alpha value is -1.63. The molecule has 0 aliphatic carbocycles. The van der Waals surface area contributed by atoms with Crippen LogP contribution in [0.2, 0.25) is 5.02 Å². The van der Waals surface area contributed by atoms with Crippen LogP contribution >= 0.6 is 11.6 Å². The van der Waals surface area contributed by atoms with Crippen LogP contribution in [0.3, 0.4) is 0 Å². The first-order valence-electron chi connectivity index (χ1n) is 7.70. The number of nitrogens with one attached hydrogen (secondary N) is 2. The second-order valence-electron chi connectivity index (χ2n) is 5.13. The standard InChI is InChI=1S/C16H24ClN3O3/c1-3-20(4-2)10-9-18-14(16(22)23)11-15(21)19-13-7-5-12(17)6-8-13/h5-8,14,18H,3-4,9-11H2,1-2H3,(H,19,21)(H,22,23)/t14-/m1/s1. The van der Waals surface area contributed by atoms with E-state index in [1.165, 1.54) is 0 Å². The number of likely N-dealkylation sites (N-methyl/N-ethyl adjacent to an activating group) is 1. The second-order valence-corrected chi connectivity index (χ2v) is 5.57. The Bertz CT molecular complexity index is 504. The molecule has 0 bridgehead atoms. The molecule has 1 aromatic carbocycles. The summed E-state index contributed by atoms with van der Waals surface area (Å²) in [6.45, 7) is 7.19. The third-order valence-electron chi connectivity index (χ3n) is 3.53. The van der Waals surface area contributed by atoms with Crippen molar-refractivity contribution in [1.29, 1.82) is 0 Å². The number of rotatable bonds is 10. The van der Waals surface area contributed by atoms with E-state index in [0.717, 1.165) is 19.6 Å². The maximum absolute atomic E-state index is 12.0. The van der Waals surface area contributed by atoms with Gasteiger partial charge in [-0.1, -0.05) is 25.4 Å². The van der Waals surface area contributed by atoms with Crippen LogP contribution in [0.5, 0.6) is 0 Å². The highest BCUT2D eigenvalue weighted by Crippen LogP contribution is 2.13. The molecule has 3 N–H and O–H groups in total. The van der Waals surface area contributed by atoms with Crippen molar-refractivity contribution in [2.24, 2.45) is 0 Å². The number of carboxylic acids is 1. The lowest BCUT2D eigenvalue weighted by Gasteiger charge is -2.20. The fourth-order valence-corrected chi connectivity index (χ4v) is 2.24. The van der Waals surface area contributed by atoms with Gasteiger partial charge in [0.1, 0.15) is 6.04 Å². The molecule has 0 heterocycles. The van der Waals surface area contributed by atoms with Crippen LogP contribution in [0.15, 0.2) is 24.3 Å². The predicted octanol–water partition coefficient (Wildman–Crippen LogP) is 2.05. The zero-order valence-corrected chi connectivity index (χ0v) is 14.3. The molecule has 0 radical (unpaired) electrons. The molecule has 1 aromatic rings. The monoisotopic (exact) mass is 341 g/mol. The van der Waals surface area contributed by atoms with Crippen molar-refractivity contribution in [2.45, 2.75) is 26.3 Å². The van der Waals surface area contributed by atoms with Crippen molar-refractivity contribution in [3.8, 4) is 0 Å². The SMILES string of the molecule is CCN(CC)CCN[C@H](CC(=O)Nc1ccc(Cl)cc1)C(=O)O. The van der Waals surface area contributed by atoms with E-state index in [1.54, 1.807) is 24.3 Å². The normalized spacial score (nSPS) is 12.2. The molecule has 1 atom stereocenters. The zero-order chi connectivity index (χ0) is 17.2. The second kappa shape index (κ2) is 10.2. The fraction of sp³-hybridized carbons (Fsp3) is 0.500. The molecule has 128 valence electrons. The van der Waals surface area contributed by atoms with Gasteiger partial charge < -0.3 is 20.6 Å². The molecule has 0 aromatic heterocycles. The van der Waals surface area contributed by atoms with Gasteiger partial charge in [-0.25, -0.2) is 0 Å². The molecule has 0 unspecified atom stereocenters. The van der Waals surface area contributed by atoms with Gasteiger partial charge in [-0.2, -0.15) is 0 Å². The van der Waals surface area contributed by atoms with Crippen molar-refractivity contribution in [3.05, 3.63) is 29.3 Å². The highest BCUT2D eigenvalue weighted by molar-refractivity contribution is 6.30. The first-order chi connectivity index (χ1) is 11.0. The number of carbonyl (C=O) groups is 2. The van der Waals surface area contributed by atoms with E-state index in [2.05, 4.69) is 29.4 Å². The molecule has 0 spiro atoms. The number of anilines is 1. The number of hydrogen-bond acceptors (Lipinski definition) is 4. The van der Waals surface area contributed by atoms with Gasteiger partial charge in [0.2, 0.25) is 5.91 Å². The van der Waals surface area contributed by atoms with Gasteiger partial charge in [-0.05, 0) is 37.4 Å². The Morgan fingerprint density at radius 2 is 1.83 bits per heavy atom. The largest absolute Gasteiger partial charge is 0.480 e. The van der Waals surface area contributed by atoms with Gasteiger partial charge in [0.05, 0.1) is 6.42 Å². The molecule has 1 rings (SSSR count). The van der Waals surface area contributed by atoms with E-state index in [0.29, 0.717) is 17.3 Å². The maximum Gasteiger partial charge on any atom is 0.321 e. The topological polar surface area (TPSA) is 81.7 Å². The van der Waals surface area contributed by atoms with Crippen LogP contribution in [-0.4, -0.2) is 54.1 Å². The first-order valence-corrected chi connectivity index (χ1v) is 8.08. The molecule has 0 aliphatic heterocycles. The van der Waals surface area contributed by atoms with Gasteiger partial charge in [-0.3, -0.25) is 9.59 Å².